The van der Waals surface area contributed by atoms with Gasteiger partial charge in [0.25, 0.3) is 17.1 Å². The van der Waals surface area contributed by atoms with E-state index in [1.807, 2.05) is 36.4 Å². The van der Waals surface area contributed by atoms with Crippen LogP contribution in [0.1, 0.15) is 136 Å². The van der Waals surface area contributed by atoms with Crippen molar-refractivity contribution in [3.05, 3.63) is 140 Å². The molecule has 0 unspecified atom stereocenters. The van der Waals surface area contributed by atoms with Gasteiger partial charge in [-0.1, -0.05) is 111 Å². The monoisotopic (exact) mass is 982 g/mol. The number of pyridine rings is 3. The van der Waals surface area contributed by atoms with E-state index in [2.05, 4.69) is 70.9 Å². The van der Waals surface area contributed by atoms with Gasteiger partial charge in [-0.25, -0.2) is 0 Å². The Morgan fingerprint density at radius 1 is 0.370 bits per heavy atom. The van der Waals surface area contributed by atoms with Crippen molar-refractivity contribution in [3.8, 4) is 44.5 Å². The first-order valence-corrected chi connectivity index (χ1v) is 27.1. The van der Waals surface area contributed by atoms with E-state index in [1.54, 1.807) is 36.4 Å². The first kappa shape index (κ1) is 50.7. The van der Waals surface area contributed by atoms with Crippen molar-refractivity contribution in [3.63, 3.8) is 0 Å². The Bertz CT molecular complexity index is 3160. The van der Waals surface area contributed by atoms with E-state index in [0.29, 0.717) is 0 Å². The van der Waals surface area contributed by atoms with Crippen LogP contribution < -0.4 is 4.57 Å². The van der Waals surface area contributed by atoms with E-state index >= 15 is 0 Å². The molecule has 2 aliphatic rings. The third kappa shape index (κ3) is 10.7. The van der Waals surface area contributed by atoms with Crippen molar-refractivity contribution in [2.24, 2.45) is 0 Å². The molecule has 378 valence electrons. The summed E-state index contributed by atoms with van der Waals surface area (Å²) in [6.07, 6.45) is 20.5. The number of aryl methyl sites for hydroxylation is 3. The Labute approximate surface area is 427 Å². The van der Waals surface area contributed by atoms with E-state index in [4.69, 9.17) is 0 Å². The van der Waals surface area contributed by atoms with Crippen LogP contribution in [0.2, 0.25) is 0 Å². The summed E-state index contributed by atoms with van der Waals surface area (Å²) in [5.74, 6) is 0. The maximum absolute atomic E-state index is 11.9. The molecule has 2 aliphatic heterocycles. The number of hydrogen-bond acceptors (Lipinski definition) is 6. The smallest absolute Gasteiger partial charge is 0.269 e. The molecule has 9 rings (SSSR count). The third-order valence-electron chi connectivity index (χ3n) is 15.2. The standard InChI is InChI=1S/C61H69N6O6/c1-4-7-10-13-16-19-34-62-52-37-46(43-22-28-49(29-23-43)65(68)69)39-54-58(52)61-59-53(62)38-47(44-24-30-50(31-25-44)66(70)71)40-55(59)64(36-21-18-15-12-9-6-3)57-42-48(45-26-32-51(33-27-45)67(72)73)41-56(60(57)61)63(54)35-20-17-14-11-8-5-2/h22-33,37-42H,4-21,34-36H2,1-3H3/q+1. The molecule has 0 atom stereocenters. The molecule has 0 bridgehead atoms. The van der Waals surface area contributed by atoms with Crippen molar-refractivity contribution < 1.29 is 19.3 Å². The molecular weight excluding hydrogens is 913 g/mol. The lowest BCUT2D eigenvalue weighted by molar-refractivity contribution is -0.645. The lowest BCUT2D eigenvalue weighted by atomic mass is 9.85. The minimum absolute atomic E-state index is 0.0428. The fraction of sp³-hybridized carbons (Fsp3) is 0.393. The zero-order chi connectivity index (χ0) is 51.0. The van der Waals surface area contributed by atoms with Gasteiger partial charge < -0.3 is 9.13 Å². The van der Waals surface area contributed by atoms with E-state index in [-0.39, 0.29) is 31.8 Å². The summed E-state index contributed by atoms with van der Waals surface area (Å²) >= 11 is 0. The second kappa shape index (κ2) is 23.1. The Morgan fingerprint density at radius 3 is 1.04 bits per heavy atom. The maximum atomic E-state index is 11.9. The van der Waals surface area contributed by atoms with E-state index < -0.39 is 0 Å². The molecule has 3 heterocycles. The SMILES string of the molecule is CCCCCCCCn1c2cc(-c3ccc([N+](=O)[O-])cc3)cc3c2-c2c4c1cc(-c1ccc([N+](=O)[O-])cc1)cc4[n+](CCCCCCCC)c1cc(-c4ccc([N+](=O)[O-])cc4)cc(c21)n3CCCCCCCC. The molecule has 73 heavy (non-hydrogen) atoms. The predicted octanol–water partition coefficient (Wildman–Crippen LogP) is 17.5. The number of nitro groups is 3. The van der Waals surface area contributed by atoms with Gasteiger partial charge in [0.2, 0.25) is 11.0 Å². The first-order chi connectivity index (χ1) is 35.6. The van der Waals surface area contributed by atoms with Gasteiger partial charge >= 0.3 is 0 Å². The van der Waals surface area contributed by atoms with Gasteiger partial charge in [-0.05, 0) is 113 Å². The van der Waals surface area contributed by atoms with Gasteiger partial charge in [-0.3, -0.25) is 30.3 Å². The molecule has 1 aromatic heterocycles. The highest BCUT2D eigenvalue weighted by molar-refractivity contribution is 6.26. The highest BCUT2D eigenvalue weighted by atomic mass is 16.6. The van der Waals surface area contributed by atoms with Gasteiger partial charge in [0.1, 0.15) is 6.54 Å². The van der Waals surface area contributed by atoms with Crippen molar-refractivity contribution in [1.82, 2.24) is 9.13 Å². The maximum Gasteiger partial charge on any atom is 0.269 e. The Hall–Kier alpha value is -7.21. The molecule has 0 saturated heterocycles. The summed E-state index contributed by atoms with van der Waals surface area (Å²) in [6.45, 7) is 9.07. The molecule has 0 amide bonds. The molecule has 6 aromatic carbocycles. The van der Waals surface area contributed by atoms with Crippen LogP contribution in [-0.4, -0.2) is 23.9 Å². The number of unbranched alkanes of at least 4 members (excludes halogenated alkanes) is 15. The molecule has 0 radical (unpaired) electrons. The predicted molar refractivity (Wildman–Crippen MR) is 297 cm³/mol. The van der Waals surface area contributed by atoms with Crippen LogP contribution in [0.3, 0.4) is 0 Å². The summed E-state index contributed by atoms with van der Waals surface area (Å²) in [4.78, 5) is 34.7. The van der Waals surface area contributed by atoms with Crippen LogP contribution in [-0.2, 0) is 19.6 Å². The van der Waals surface area contributed by atoms with Crippen molar-refractivity contribution in [1.29, 1.82) is 0 Å². The van der Waals surface area contributed by atoms with Crippen LogP contribution >= 0.6 is 0 Å². The molecule has 12 heteroatoms. The topological polar surface area (TPSA) is 143 Å². The van der Waals surface area contributed by atoms with Gasteiger partial charge in [0.15, 0.2) is 0 Å². The lowest BCUT2D eigenvalue weighted by Crippen LogP contribution is -2.37. The highest BCUT2D eigenvalue weighted by Gasteiger charge is 2.34. The Morgan fingerprint density at radius 2 is 0.685 bits per heavy atom. The number of hydrogen-bond donors (Lipinski definition) is 0. The van der Waals surface area contributed by atoms with E-state index in [9.17, 15) is 30.3 Å². The van der Waals surface area contributed by atoms with Crippen molar-refractivity contribution in [2.45, 2.75) is 156 Å². The van der Waals surface area contributed by atoms with Crippen LogP contribution in [0, 0.1) is 30.3 Å². The molecule has 0 saturated carbocycles. The number of rotatable bonds is 27. The first-order valence-electron chi connectivity index (χ1n) is 27.1. The molecule has 0 N–H and O–H groups in total. The number of aromatic nitrogens is 3. The van der Waals surface area contributed by atoms with Crippen LogP contribution in [0.5, 0.6) is 0 Å². The lowest BCUT2D eigenvalue weighted by Gasteiger charge is -2.29. The molecular formula is C61H69N6O6+. The largest absolute Gasteiger partial charge is 0.340 e. The fourth-order valence-electron chi connectivity index (χ4n) is 11.3. The summed E-state index contributed by atoms with van der Waals surface area (Å²) < 4.78 is 7.62. The van der Waals surface area contributed by atoms with Gasteiger partial charge in [-0.2, -0.15) is 4.57 Å². The zero-order valence-electron chi connectivity index (χ0n) is 42.9. The fourth-order valence-corrected chi connectivity index (χ4v) is 11.3. The van der Waals surface area contributed by atoms with Crippen LogP contribution in [0.4, 0.5) is 17.1 Å². The summed E-state index contributed by atoms with van der Waals surface area (Å²) in [5.41, 5.74) is 14.7. The normalized spacial score (nSPS) is 11.9. The minimum Gasteiger partial charge on any atom is -0.340 e. The van der Waals surface area contributed by atoms with Crippen LogP contribution in [0.15, 0.2) is 109 Å². The molecule has 7 aromatic rings. The molecule has 0 aliphatic carbocycles. The molecule has 0 fully saturated rings. The number of nitrogens with zero attached hydrogens (tertiary/aromatic N) is 6. The molecule has 12 nitrogen and oxygen atoms in total. The van der Waals surface area contributed by atoms with Gasteiger partial charge in [-0.15, -0.1) is 0 Å². The second-order valence-corrected chi connectivity index (χ2v) is 20.2. The van der Waals surface area contributed by atoms with Crippen LogP contribution in [0.25, 0.3) is 88.4 Å². The summed E-state index contributed by atoms with van der Waals surface area (Å²) in [5, 5.41) is 38.1. The quantitative estimate of drug-likeness (QED) is 0.0125. The van der Waals surface area contributed by atoms with E-state index in [1.165, 1.54) is 79.7 Å². The average Bonchev–Trinajstić information content (AvgIpc) is 3.41. The number of nitro benzene ring substituents is 3. The van der Waals surface area contributed by atoms with Gasteiger partial charge in [0, 0.05) is 79.2 Å². The number of non-ortho nitro benzene ring substituents is 3. The minimum atomic E-state index is -0.353. The summed E-state index contributed by atoms with van der Waals surface area (Å²) in [6, 6.07) is 34.5. The third-order valence-corrected chi connectivity index (χ3v) is 15.2. The van der Waals surface area contributed by atoms with Crippen molar-refractivity contribution in [2.75, 3.05) is 0 Å². The second-order valence-electron chi connectivity index (χ2n) is 20.2. The summed E-state index contributed by atoms with van der Waals surface area (Å²) in [7, 11) is 0. The zero-order valence-corrected chi connectivity index (χ0v) is 42.9. The highest BCUT2D eigenvalue weighted by Crippen LogP contribution is 2.50. The Kier molecular flexibility index (Phi) is 16.1. The number of benzene rings is 6. The van der Waals surface area contributed by atoms with Crippen molar-refractivity contribution >= 4 is 60.9 Å². The van der Waals surface area contributed by atoms with E-state index in [0.717, 1.165) is 144 Å². The Balaban J connectivity index is 1.42. The average molecular weight is 982 g/mol. The van der Waals surface area contributed by atoms with Gasteiger partial charge in [0.05, 0.1) is 47.6 Å². The molecule has 0 spiro atoms.